The first-order valence-electron chi connectivity index (χ1n) is 14.3. The number of unbranched alkanes of at least 4 members (excludes halogenated alkanes) is 2. The normalized spacial score (nSPS) is 19.2. The Bertz CT molecular complexity index is 1450. The molecule has 8 heteroatoms. The van der Waals surface area contributed by atoms with Crippen LogP contribution in [0.3, 0.4) is 0 Å². The SMILES string of the molecule is CCCCCOc1ccc([C@H]2/C(=C(\O)c3ccc4c(c3)C[C@@H](C)O4)C(=O)C(=O)N2Cc2cccnc2)cc1OCC. The number of aliphatic hydroxyl groups excluding tert-OH is 1. The molecule has 1 N–H and O–H groups in total. The van der Waals surface area contributed by atoms with Crippen molar-refractivity contribution in [3.05, 3.63) is 88.8 Å². The van der Waals surface area contributed by atoms with Gasteiger partial charge in [0.05, 0.1) is 24.8 Å². The Hall–Kier alpha value is -4.33. The smallest absolute Gasteiger partial charge is 0.295 e. The van der Waals surface area contributed by atoms with Crippen LogP contribution in [-0.4, -0.2) is 46.0 Å². The number of aromatic nitrogens is 1. The van der Waals surface area contributed by atoms with Crippen LogP contribution in [0.25, 0.3) is 5.76 Å². The molecule has 2 aliphatic heterocycles. The van der Waals surface area contributed by atoms with Gasteiger partial charge in [-0.15, -0.1) is 0 Å². The van der Waals surface area contributed by atoms with Gasteiger partial charge in [-0.3, -0.25) is 14.6 Å². The monoisotopic (exact) mass is 556 g/mol. The minimum Gasteiger partial charge on any atom is -0.507 e. The van der Waals surface area contributed by atoms with Crippen molar-refractivity contribution in [1.29, 1.82) is 0 Å². The van der Waals surface area contributed by atoms with Crippen LogP contribution in [0.15, 0.2) is 66.5 Å². The van der Waals surface area contributed by atoms with Gasteiger partial charge >= 0.3 is 0 Å². The molecule has 2 atom stereocenters. The van der Waals surface area contributed by atoms with Gasteiger partial charge in [-0.05, 0) is 73.4 Å². The maximum atomic E-state index is 13.6. The molecule has 0 saturated carbocycles. The highest BCUT2D eigenvalue weighted by Gasteiger charge is 2.46. The van der Waals surface area contributed by atoms with Crippen molar-refractivity contribution >= 4 is 17.4 Å². The van der Waals surface area contributed by atoms with E-state index >= 15 is 0 Å². The zero-order chi connectivity index (χ0) is 28.9. The highest BCUT2D eigenvalue weighted by molar-refractivity contribution is 6.46. The standard InChI is InChI=1S/C33H36N2O6/c1-4-6-7-15-40-27-13-10-23(18-28(27)39-5-2)30-29(31(36)24-11-12-26-25(17-24)16-21(3)41-26)32(37)33(38)35(30)20-22-9-8-14-34-19-22/h8-14,17-19,21,30,36H,4-7,15-16,20H2,1-3H3/b31-29+/t21-,30+/m1/s1. The number of aliphatic hydroxyl groups is 1. The zero-order valence-electron chi connectivity index (χ0n) is 23.8. The molecule has 1 fully saturated rings. The summed E-state index contributed by atoms with van der Waals surface area (Å²) in [6.07, 6.45) is 7.14. The largest absolute Gasteiger partial charge is 0.507 e. The molecule has 3 aromatic rings. The van der Waals surface area contributed by atoms with E-state index in [0.717, 1.165) is 36.1 Å². The summed E-state index contributed by atoms with van der Waals surface area (Å²) < 4.78 is 17.8. The van der Waals surface area contributed by atoms with Crippen LogP contribution < -0.4 is 14.2 Å². The number of Topliss-reactive ketones (excluding diaryl/α,β-unsaturated/α-hetero) is 1. The van der Waals surface area contributed by atoms with Crippen LogP contribution in [0.2, 0.25) is 0 Å². The molecule has 41 heavy (non-hydrogen) atoms. The van der Waals surface area contributed by atoms with E-state index in [9.17, 15) is 14.7 Å². The molecule has 5 rings (SSSR count). The summed E-state index contributed by atoms with van der Waals surface area (Å²) in [6, 6.07) is 13.6. The Morgan fingerprint density at radius 2 is 1.93 bits per heavy atom. The molecule has 1 saturated heterocycles. The van der Waals surface area contributed by atoms with Crippen molar-refractivity contribution in [2.24, 2.45) is 0 Å². The Balaban J connectivity index is 1.59. The molecule has 0 radical (unpaired) electrons. The molecule has 214 valence electrons. The van der Waals surface area contributed by atoms with E-state index in [1.165, 1.54) is 4.90 Å². The number of nitrogens with zero attached hydrogens (tertiary/aromatic N) is 2. The highest BCUT2D eigenvalue weighted by Crippen LogP contribution is 2.43. The first-order valence-corrected chi connectivity index (χ1v) is 14.3. The Morgan fingerprint density at radius 1 is 1.07 bits per heavy atom. The number of ketones is 1. The van der Waals surface area contributed by atoms with E-state index in [1.807, 2.05) is 38.1 Å². The number of carbonyl (C=O) groups is 2. The van der Waals surface area contributed by atoms with Crippen LogP contribution in [-0.2, 0) is 22.6 Å². The zero-order valence-corrected chi connectivity index (χ0v) is 23.8. The van der Waals surface area contributed by atoms with E-state index in [0.29, 0.717) is 42.3 Å². The van der Waals surface area contributed by atoms with Crippen LogP contribution in [0.4, 0.5) is 0 Å². The van der Waals surface area contributed by atoms with Crippen LogP contribution in [0, 0.1) is 0 Å². The first-order chi connectivity index (χ1) is 19.9. The third kappa shape index (κ3) is 5.92. The number of rotatable bonds is 11. The van der Waals surface area contributed by atoms with E-state index in [1.54, 1.807) is 36.7 Å². The van der Waals surface area contributed by atoms with Crippen molar-refractivity contribution < 1.29 is 28.9 Å². The lowest BCUT2D eigenvalue weighted by molar-refractivity contribution is -0.140. The molecule has 1 aromatic heterocycles. The maximum absolute atomic E-state index is 13.6. The van der Waals surface area contributed by atoms with Gasteiger partial charge in [-0.25, -0.2) is 0 Å². The minimum absolute atomic E-state index is 0.0323. The molecule has 1 amide bonds. The summed E-state index contributed by atoms with van der Waals surface area (Å²) in [5.74, 6) is 0.247. The number of amides is 1. The molecule has 8 nitrogen and oxygen atoms in total. The second-order valence-electron chi connectivity index (χ2n) is 10.4. The third-order valence-electron chi connectivity index (χ3n) is 7.37. The number of likely N-dealkylation sites (tertiary alicyclic amines) is 1. The van der Waals surface area contributed by atoms with Gasteiger partial charge in [0, 0.05) is 30.9 Å². The quantitative estimate of drug-likeness (QED) is 0.134. The molecule has 3 heterocycles. The van der Waals surface area contributed by atoms with Gasteiger partial charge in [0.2, 0.25) is 0 Å². The summed E-state index contributed by atoms with van der Waals surface area (Å²) in [7, 11) is 0. The van der Waals surface area contributed by atoms with Crippen molar-refractivity contribution in [2.75, 3.05) is 13.2 Å². The molecule has 0 spiro atoms. The molecular formula is C33H36N2O6. The summed E-state index contributed by atoms with van der Waals surface area (Å²) in [5.41, 5.74) is 2.85. The van der Waals surface area contributed by atoms with E-state index in [4.69, 9.17) is 14.2 Å². The number of benzene rings is 2. The van der Waals surface area contributed by atoms with Crippen LogP contribution >= 0.6 is 0 Å². The number of carbonyl (C=O) groups excluding carboxylic acids is 2. The topological polar surface area (TPSA) is 98.2 Å². The lowest BCUT2D eigenvalue weighted by Gasteiger charge is -2.26. The van der Waals surface area contributed by atoms with Gasteiger partial charge in [0.1, 0.15) is 17.6 Å². The number of ether oxygens (including phenoxy) is 3. The predicted octanol–water partition coefficient (Wildman–Crippen LogP) is 5.99. The van der Waals surface area contributed by atoms with Crippen molar-refractivity contribution in [1.82, 2.24) is 9.88 Å². The Morgan fingerprint density at radius 3 is 2.68 bits per heavy atom. The second-order valence-corrected chi connectivity index (χ2v) is 10.4. The molecule has 0 unspecified atom stereocenters. The molecule has 2 aliphatic rings. The van der Waals surface area contributed by atoms with E-state index in [-0.39, 0.29) is 24.0 Å². The number of hydrogen-bond donors (Lipinski definition) is 1. The molecule has 0 aliphatic carbocycles. The fourth-order valence-corrected chi connectivity index (χ4v) is 5.42. The van der Waals surface area contributed by atoms with Crippen molar-refractivity contribution in [3.63, 3.8) is 0 Å². The summed E-state index contributed by atoms with van der Waals surface area (Å²) in [5, 5.41) is 11.6. The van der Waals surface area contributed by atoms with Crippen LogP contribution in [0.5, 0.6) is 17.2 Å². The average Bonchev–Trinajstić information content (AvgIpc) is 3.47. The van der Waals surface area contributed by atoms with Gasteiger partial charge < -0.3 is 24.2 Å². The third-order valence-corrected chi connectivity index (χ3v) is 7.37. The predicted molar refractivity (Wildman–Crippen MR) is 155 cm³/mol. The van der Waals surface area contributed by atoms with Crippen molar-refractivity contribution in [2.45, 2.75) is 65.1 Å². The molecule has 2 aromatic carbocycles. The van der Waals surface area contributed by atoms with E-state index in [2.05, 4.69) is 11.9 Å². The summed E-state index contributed by atoms with van der Waals surface area (Å²) in [6.45, 7) is 7.14. The summed E-state index contributed by atoms with van der Waals surface area (Å²) in [4.78, 5) is 32.7. The van der Waals surface area contributed by atoms with Gasteiger partial charge in [0.15, 0.2) is 11.5 Å². The second kappa shape index (κ2) is 12.5. The van der Waals surface area contributed by atoms with Gasteiger partial charge in [0.25, 0.3) is 11.7 Å². The highest BCUT2D eigenvalue weighted by atomic mass is 16.5. The lowest BCUT2D eigenvalue weighted by atomic mass is 9.94. The van der Waals surface area contributed by atoms with Crippen LogP contribution in [0.1, 0.15) is 68.3 Å². The minimum atomic E-state index is -0.841. The molecular weight excluding hydrogens is 520 g/mol. The average molecular weight is 557 g/mol. The number of hydrogen-bond acceptors (Lipinski definition) is 7. The fraction of sp³-hybridized carbons (Fsp3) is 0.364. The lowest BCUT2D eigenvalue weighted by Crippen LogP contribution is -2.29. The molecule has 0 bridgehead atoms. The van der Waals surface area contributed by atoms with E-state index < -0.39 is 17.7 Å². The fourth-order valence-electron chi connectivity index (χ4n) is 5.42. The van der Waals surface area contributed by atoms with Gasteiger partial charge in [-0.2, -0.15) is 0 Å². The van der Waals surface area contributed by atoms with Crippen molar-refractivity contribution in [3.8, 4) is 17.2 Å². The number of fused-ring (bicyclic) bond motifs is 1. The number of pyridine rings is 1. The first kappa shape index (κ1) is 28.2. The summed E-state index contributed by atoms with van der Waals surface area (Å²) >= 11 is 0. The Labute approximate surface area is 240 Å². The van der Waals surface area contributed by atoms with Gasteiger partial charge in [-0.1, -0.05) is 31.9 Å². The Kier molecular flexibility index (Phi) is 8.57. The maximum Gasteiger partial charge on any atom is 0.295 e.